The Morgan fingerprint density at radius 2 is 0.571 bits per heavy atom. The molecule has 0 bridgehead atoms. The van der Waals surface area contributed by atoms with Gasteiger partial charge < -0.3 is 16.8 Å². The van der Waals surface area contributed by atoms with E-state index in [1.807, 2.05) is 0 Å². The molecule has 2 heterocycles. The average Bonchev–Trinajstić information content (AvgIpc) is 3.52. The van der Waals surface area contributed by atoms with Crippen LogP contribution in [-0.2, 0) is 0 Å². The van der Waals surface area contributed by atoms with E-state index < -0.39 is 16.3 Å². The first-order chi connectivity index (χ1) is 27.1. The highest BCUT2D eigenvalue weighted by Gasteiger charge is 2.33. The number of rotatable bonds is 10. The first-order valence-corrected chi connectivity index (χ1v) is 21.8. The zero-order chi connectivity index (χ0) is 39.1. The molecule has 56 heavy (non-hydrogen) atoms. The molecule has 0 saturated heterocycles. The third kappa shape index (κ3) is 7.01. The Balaban J connectivity index is 1.46. The molecule has 0 aliphatic heterocycles. The predicted molar refractivity (Wildman–Crippen MR) is 235 cm³/mol. The molecule has 0 saturated carbocycles. The summed E-state index contributed by atoms with van der Waals surface area (Å²) in [6.45, 7) is 17.5. The minimum Gasteiger partial charge on any atom is -0.407 e. The second-order valence-electron chi connectivity index (χ2n) is 15.0. The molecule has 0 fully saturated rings. The molecule has 0 amide bonds. The summed E-state index contributed by atoms with van der Waals surface area (Å²) in [7, 11) is -3.41. The summed E-state index contributed by atoms with van der Waals surface area (Å²) in [5.74, 6) is 0. The van der Waals surface area contributed by atoms with E-state index in [2.05, 4.69) is 198 Å². The fraction of sp³-hybridized carbons (Fsp3) is 0.250. The smallest absolute Gasteiger partial charge is 0.310 e. The van der Waals surface area contributed by atoms with Gasteiger partial charge in [-0.2, -0.15) is 9.34 Å². The zero-order valence-electron chi connectivity index (χ0n) is 33.4. The molecule has 0 aliphatic carbocycles. The van der Waals surface area contributed by atoms with Crippen LogP contribution in [-0.4, -0.2) is 0 Å². The van der Waals surface area contributed by atoms with E-state index in [0.29, 0.717) is 0 Å². The van der Waals surface area contributed by atoms with E-state index in [9.17, 15) is 0 Å². The molecule has 8 rings (SSSR count). The van der Waals surface area contributed by atoms with Crippen molar-refractivity contribution in [3.05, 3.63) is 178 Å². The molecule has 8 heteroatoms. The number of benzene rings is 6. The van der Waals surface area contributed by atoms with E-state index >= 15 is 0 Å². The van der Waals surface area contributed by atoms with E-state index in [1.165, 1.54) is 22.3 Å². The van der Waals surface area contributed by atoms with Crippen molar-refractivity contribution >= 4 is 49.4 Å². The van der Waals surface area contributed by atoms with Crippen LogP contribution in [0.2, 0.25) is 0 Å². The largest absolute Gasteiger partial charge is 0.407 e. The molecule has 4 atom stereocenters. The Kier molecular flexibility index (Phi) is 10.8. The van der Waals surface area contributed by atoms with Gasteiger partial charge in [-0.1, -0.05) is 121 Å². The summed E-state index contributed by atoms with van der Waals surface area (Å²) >= 11 is 0. The van der Waals surface area contributed by atoms with Crippen LogP contribution in [0.5, 0.6) is 0 Å². The van der Waals surface area contributed by atoms with Crippen molar-refractivity contribution in [1.82, 2.24) is 0 Å². The fourth-order valence-corrected chi connectivity index (χ4v) is 11.8. The lowest BCUT2D eigenvalue weighted by Crippen LogP contribution is -2.27. The molecular formula is C48H50N2O4P2. The van der Waals surface area contributed by atoms with E-state index in [0.717, 1.165) is 55.4 Å². The van der Waals surface area contributed by atoms with Crippen LogP contribution in [0.1, 0.15) is 96.4 Å². The number of hydrogen-bond acceptors (Lipinski definition) is 6. The van der Waals surface area contributed by atoms with Gasteiger partial charge in [0.15, 0.2) is 0 Å². The van der Waals surface area contributed by atoms with Crippen molar-refractivity contribution in [3.8, 4) is 0 Å². The van der Waals surface area contributed by atoms with E-state index in [4.69, 9.17) is 16.8 Å². The van der Waals surface area contributed by atoms with Gasteiger partial charge in [0, 0.05) is 24.2 Å². The number of aryl methyl sites for hydroxylation is 4. The molecule has 0 N–H and O–H groups in total. The van der Waals surface area contributed by atoms with E-state index in [-0.39, 0.29) is 24.2 Å². The molecule has 0 spiro atoms. The lowest BCUT2D eigenvalue weighted by molar-refractivity contribution is 0.553. The summed E-state index contributed by atoms with van der Waals surface area (Å²) in [5, 5.41) is 1.79. The minimum atomic E-state index is -1.71. The van der Waals surface area contributed by atoms with Crippen molar-refractivity contribution < 1.29 is 16.8 Å². The first-order valence-electron chi connectivity index (χ1n) is 19.5. The van der Waals surface area contributed by atoms with Crippen LogP contribution in [0.3, 0.4) is 0 Å². The van der Waals surface area contributed by atoms with Crippen LogP contribution in [0.25, 0.3) is 33.1 Å². The molecule has 6 aromatic carbocycles. The molecule has 2 aromatic heterocycles. The lowest BCUT2D eigenvalue weighted by atomic mass is 10.0. The maximum Gasteiger partial charge on any atom is 0.310 e. The van der Waals surface area contributed by atoms with Gasteiger partial charge in [-0.25, -0.2) is 0 Å². The summed E-state index contributed by atoms with van der Waals surface area (Å²) in [4.78, 5) is 0. The molecule has 6 nitrogen and oxygen atoms in total. The molecule has 286 valence electrons. The molecular weight excluding hydrogens is 730 g/mol. The van der Waals surface area contributed by atoms with Gasteiger partial charge in [-0.05, 0) is 112 Å². The van der Waals surface area contributed by atoms with Crippen molar-refractivity contribution in [1.29, 1.82) is 0 Å². The zero-order valence-corrected chi connectivity index (χ0v) is 35.2. The SMILES string of the molecule is Cc1cc(C)c2op(N([C@@H](C)c3ccccc3)[C@@H](C)c3ccccc3)oc3c(C)cc(C)c4op(N([C@H](C)c5ccccc5)[C@@H](C)c5ccccc5)oc1c2c43. The van der Waals surface area contributed by atoms with Crippen molar-refractivity contribution in [2.45, 2.75) is 79.6 Å². The quantitative estimate of drug-likeness (QED) is 0.138. The predicted octanol–water partition coefficient (Wildman–Crippen LogP) is 15.3. The third-order valence-electron chi connectivity index (χ3n) is 11.2. The van der Waals surface area contributed by atoms with Gasteiger partial charge in [0.1, 0.15) is 22.3 Å². The van der Waals surface area contributed by atoms with Gasteiger partial charge in [-0.15, -0.1) is 0 Å². The first kappa shape index (κ1) is 37.9. The summed E-state index contributed by atoms with van der Waals surface area (Å²) in [5.41, 5.74) is 11.9. The summed E-state index contributed by atoms with van der Waals surface area (Å²) in [6.07, 6.45) is 0. The van der Waals surface area contributed by atoms with Gasteiger partial charge in [0.25, 0.3) is 0 Å². The molecule has 0 aliphatic rings. The third-order valence-corrected chi connectivity index (χ3v) is 14.7. The van der Waals surface area contributed by atoms with E-state index in [1.54, 1.807) is 0 Å². The lowest BCUT2D eigenvalue weighted by Gasteiger charge is -2.32. The normalized spacial score (nSPS) is 14.1. The second-order valence-corrected chi connectivity index (χ2v) is 17.6. The van der Waals surface area contributed by atoms with Gasteiger partial charge in [-0.3, -0.25) is 0 Å². The van der Waals surface area contributed by atoms with Gasteiger partial charge in [0.05, 0.1) is 10.8 Å². The highest BCUT2D eigenvalue weighted by molar-refractivity contribution is 7.39. The Morgan fingerprint density at radius 3 is 0.786 bits per heavy atom. The minimum absolute atomic E-state index is 0.0290. The van der Waals surface area contributed by atoms with Crippen LogP contribution in [0.15, 0.2) is 150 Å². The van der Waals surface area contributed by atoms with Crippen molar-refractivity contribution in [2.75, 3.05) is 9.34 Å². The average molecular weight is 781 g/mol. The Hall–Kier alpha value is -4.96. The monoisotopic (exact) mass is 780 g/mol. The maximum atomic E-state index is 7.35. The number of hydrogen-bond donors (Lipinski definition) is 0. The maximum absolute atomic E-state index is 7.35. The molecule has 0 radical (unpaired) electrons. The molecule has 0 unspecified atom stereocenters. The van der Waals surface area contributed by atoms with Gasteiger partial charge in [0.2, 0.25) is 0 Å². The van der Waals surface area contributed by atoms with Crippen LogP contribution in [0.4, 0.5) is 0 Å². The topological polar surface area (TPSA) is 59.0 Å². The highest BCUT2D eigenvalue weighted by Crippen LogP contribution is 2.52. The van der Waals surface area contributed by atoms with Crippen LogP contribution < -0.4 is 9.34 Å². The van der Waals surface area contributed by atoms with Crippen molar-refractivity contribution in [3.63, 3.8) is 0 Å². The van der Waals surface area contributed by atoms with Crippen LogP contribution >= 0.6 is 16.3 Å². The summed E-state index contributed by atoms with van der Waals surface area (Å²) < 4.78 is 34.2. The Bertz CT molecular complexity index is 2310. The Labute approximate surface area is 331 Å². The summed E-state index contributed by atoms with van der Waals surface area (Å²) in [6, 6.07) is 46.8. The van der Waals surface area contributed by atoms with Gasteiger partial charge >= 0.3 is 16.3 Å². The molecule has 8 aromatic rings. The van der Waals surface area contributed by atoms with Crippen LogP contribution in [0, 0.1) is 27.7 Å². The standard InChI is InChI=1S/C48H50N2O4P2/c1-31-29-32(2)46-43-44-47(53-55(51-45(31)43)49(35(5)39-21-13-9-14-22-39)36(6)40-23-15-10-16-24-40)33(3)30-34(4)48(44)54-56(52-46)50(37(7)41-25-17-11-18-26-41)38(8)42-27-19-12-20-28-42/h9-30,35-38H,1-8H3/t35-,36-,37-,38+,55?,56?/m0/s1. The Morgan fingerprint density at radius 1 is 0.357 bits per heavy atom. The van der Waals surface area contributed by atoms with Crippen molar-refractivity contribution in [2.24, 2.45) is 0 Å². The number of nitrogens with zero attached hydrogens (tertiary/aromatic N) is 2. The highest BCUT2D eigenvalue weighted by atomic mass is 31.1. The fourth-order valence-electron chi connectivity index (χ4n) is 8.14. The second kappa shape index (κ2) is 15.9.